The van der Waals surface area contributed by atoms with Gasteiger partial charge in [-0.05, 0) is 37.0 Å². The zero-order chi connectivity index (χ0) is 32.7. The fraction of sp³-hybridized carbons (Fsp3) is 0.312. The highest BCUT2D eigenvalue weighted by Crippen LogP contribution is 2.44. The van der Waals surface area contributed by atoms with Crippen molar-refractivity contribution in [2.24, 2.45) is 14.1 Å². The summed E-state index contributed by atoms with van der Waals surface area (Å²) in [6, 6.07) is 12.8. The number of aryl methyl sites for hydroxylation is 2. The molecule has 0 radical (unpaired) electrons. The normalized spacial score (nSPS) is 17.1. The van der Waals surface area contributed by atoms with Crippen molar-refractivity contribution in [2.75, 3.05) is 19.0 Å². The quantitative estimate of drug-likeness (QED) is 0.259. The third-order valence-corrected chi connectivity index (χ3v) is 9.21. The standard InChI is InChI=1S/C32H31Cl2N7O5/c1-40-31(44)28(39-41(2)32(40)45)29(43)37-22-9-5-7-19(27(22)34)18-6-4-8-20(26(18)33)23-14-16-10-12-21(25(16)30(38-23)46-3)35-15-17-11-13-24(42)36-17/h4-9,14,17,21,35H,10-13,15H2,1-3H3,(H,36,42)(H,37,43)/t17-,21-/m0/s1. The Hall–Kier alpha value is -4.52. The van der Waals surface area contributed by atoms with Gasteiger partial charge in [0.15, 0.2) is 0 Å². The first kappa shape index (κ1) is 31.5. The lowest BCUT2D eigenvalue weighted by Gasteiger charge is -2.20. The SMILES string of the molecule is COc1nc(-c2cccc(-c3cccc(NC(=O)c4nn(C)c(=O)n(C)c4=O)c3Cl)c2Cl)cc2c1[C@@H](NC[C@@H]1CCC(=O)N1)CC2. The second kappa shape index (κ2) is 12.7. The van der Waals surface area contributed by atoms with E-state index >= 15 is 0 Å². The van der Waals surface area contributed by atoms with Crippen molar-refractivity contribution in [3.63, 3.8) is 0 Å². The van der Waals surface area contributed by atoms with Gasteiger partial charge in [0.1, 0.15) is 0 Å². The largest absolute Gasteiger partial charge is 0.481 e. The summed E-state index contributed by atoms with van der Waals surface area (Å²) in [5, 5.41) is 13.6. The molecule has 2 aromatic carbocycles. The Morgan fingerprint density at radius 2 is 1.74 bits per heavy atom. The van der Waals surface area contributed by atoms with Crippen LogP contribution in [0, 0.1) is 0 Å². The molecule has 1 aliphatic carbocycles. The van der Waals surface area contributed by atoms with Crippen LogP contribution in [0.5, 0.6) is 5.88 Å². The molecule has 14 heteroatoms. The number of nitrogens with zero attached hydrogens (tertiary/aromatic N) is 4. The van der Waals surface area contributed by atoms with Crippen LogP contribution in [0.25, 0.3) is 22.4 Å². The number of ether oxygens (including phenoxy) is 1. The summed E-state index contributed by atoms with van der Waals surface area (Å²) < 4.78 is 7.48. The number of amides is 2. The van der Waals surface area contributed by atoms with Crippen LogP contribution in [-0.4, -0.2) is 50.8 Å². The molecule has 3 N–H and O–H groups in total. The van der Waals surface area contributed by atoms with Gasteiger partial charge in [0.25, 0.3) is 11.5 Å². The van der Waals surface area contributed by atoms with E-state index in [9.17, 15) is 19.2 Å². The van der Waals surface area contributed by atoms with Crippen LogP contribution in [-0.2, 0) is 25.3 Å². The Bertz CT molecular complexity index is 2010. The molecule has 2 aromatic heterocycles. The van der Waals surface area contributed by atoms with Crippen LogP contribution >= 0.6 is 23.2 Å². The molecule has 2 amide bonds. The summed E-state index contributed by atoms with van der Waals surface area (Å²) in [6.45, 7) is 0.674. The Kier molecular flexibility index (Phi) is 8.69. The van der Waals surface area contributed by atoms with E-state index in [0.29, 0.717) is 46.3 Å². The second-order valence-corrected chi connectivity index (χ2v) is 12.1. The lowest BCUT2D eigenvalue weighted by molar-refractivity contribution is -0.119. The van der Waals surface area contributed by atoms with Crippen LogP contribution in [0.1, 0.15) is 46.9 Å². The predicted molar refractivity (Wildman–Crippen MR) is 175 cm³/mol. The first-order chi connectivity index (χ1) is 22.1. The highest BCUT2D eigenvalue weighted by Gasteiger charge is 2.30. The highest BCUT2D eigenvalue weighted by atomic mass is 35.5. The van der Waals surface area contributed by atoms with Crippen molar-refractivity contribution in [3.05, 3.63) is 90.2 Å². The second-order valence-electron chi connectivity index (χ2n) is 11.3. The maximum atomic E-state index is 13.0. The molecule has 2 aliphatic rings. The number of nitrogens with one attached hydrogen (secondary N) is 3. The highest BCUT2D eigenvalue weighted by molar-refractivity contribution is 6.39. The molecule has 0 saturated carbocycles. The minimum Gasteiger partial charge on any atom is -0.481 e. The lowest BCUT2D eigenvalue weighted by atomic mass is 9.99. The third-order valence-electron chi connectivity index (χ3n) is 8.40. The van der Waals surface area contributed by atoms with Gasteiger partial charge in [-0.1, -0.05) is 53.5 Å². The molecular formula is C32H31Cl2N7O5. The Labute approximate surface area is 273 Å². The van der Waals surface area contributed by atoms with Crippen molar-refractivity contribution < 1.29 is 14.3 Å². The summed E-state index contributed by atoms with van der Waals surface area (Å²) in [6.07, 6.45) is 3.08. The molecule has 0 bridgehead atoms. The number of fused-ring (bicyclic) bond motifs is 1. The number of hydrogen-bond acceptors (Lipinski definition) is 8. The molecule has 238 valence electrons. The van der Waals surface area contributed by atoms with E-state index in [1.165, 1.54) is 14.1 Å². The summed E-state index contributed by atoms with van der Waals surface area (Å²) in [5.41, 5.74) is 2.89. The molecule has 0 spiro atoms. The van der Waals surface area contributed by atoms with Gasteiger partial charge in [0, 0.05) is 61.4 Å². The summed E-state index contributed by atoms with van der Waals surface area (Å²) in [5.74, 6) is -0.212. The number of carbonyl (C=O) groups is 2. The fourth-order valence-corrected chi connectivity index (χ4v) is 6.61. The average molecular weight is 665 g/mol. The number of rotatable bonds is 8. The molecule has 0 unspecified atom stereocenters. The van der Waals surface area contributed by atoms with Crippen LogP contribution in [0.4, 0.5) is 5.69 Å². The minimum absolute atomic E-state index is 0.0544. The average Bonchev–Trinajstić information content (AvgIpc) is 3.66. The number of halogens is 2. The number of aromatic nitrogens is 4. The number of hydrogen-bond donors (Lipinski definition) is 3. The molecule has 1 saturated heterocycles. The van der Waals surface area contributed by atoms with Crippen LogP contribution in [0.15, 0.2) is 52.1 Å². The molecule has 2 atom stereocenters. The molecule has 1 fully saturated rings. The molecular weight excluding hydrogens is 633 g/mol. The summed E-state index contributed by atoms with van der Waals surface area (Å²) in [7, 11) is 4.21. The zero-order valence-corrected chi connectivity index (χ0v) is 26.8. The molecule has 46 heavy (non-hydrogen) atoms. The number of benzene rings is 2. The number of methoxy groups -OCH3 is 1. The first-order valence-electron chi connectivity index (χ1n) is 14.7. The molecule has 6 rings (SSSR count). The van der Waals surface area contributed by atoms with Crippen molar-refractivity contribution in [1.29, 1.82) is 0 Å². The van der Waals surface area contributed by atoms with Gasteiger partial charge in [-0.25, -0.2) is 14.5 Å². The van der Waals surface area contributed by atoms with Gasteiger partial charge in [-0.3, -0.25) is 19.0 Å². The van der Waals surface area contributed by atoms with Crippen molar-refractivity contribution in [1.82, 2.24) is 30.0 Å². The molecule has 1 aliphatic heterocycles. The van der Waals surface area contributed by atoms with Gasteiger partial charge in [-0.15, -0.1) is 0 Å². The van der Waals surface area contributed by atoms with E-state index in [1.54, 1.807) is 25.3 Å². The van der Waals surface area contributed by atoms with Gasteiger partial charge in [0.2, 0.25) is 17.5 Å². The maximum absolute atomic E-state index is 13.0. The van der Waals surface area contributed by atoms with Crippen LogP contribution in [0.2, 0.25) is 10.0 Å². The van der Waals surface area contributed by atoms with Gasteiger partial charge < -0.3 is 20.7 Å². The first-order valence-corrected chi connectivity index (χ1v) is 15.5. The van der Waals surface area contributed by atoms with Crippen molar-refractivity contribution in [3.8, 4) is 28.3 Å². The van der Waals surface area contributed by atoms with Gasteiger partial charge in [0.05, 0.1) is 28.5 Å². The molecule has 3 heterocycles. The fourth-order valence-electron chi connectivity index (χ4n) is 6.02. The summed E-state index contributed by atoms with van der Waals surface area (Å²) >= 11 is 13.8. The van der Waals surface area contributed by atoms with Crippen LogP contribution in [0.3, 0.4) is 0 Å². The lowest BCUT2D eigenvalue weighted by Crippen LogP contribution is -2.43. The van der Waals surface area contributed by atoms with E-state index < -0.39 is 22.9 Å². The Balaban J connectivity index is 1.29. The number of anilines is 1. The summed E-state index contributed by atoms with van der Waals surface area (Å²) in [4.78, 5) is 54.0. The zero-order valence-electron chi connectivity index (χ0n) is 25.3. The van der Waals surface area contributed by atoms with Crippen molar-refractivity contribution in [2.45, 2.75) is 37.8 Å². The Morgan fingerprint density at radius 1 is 1.02 bits per heavy atom. The van der Waals surface area contributed by atoms with Crippen LogP contribution < -0.4 is 31.9 Å². The van der Waals surface area contributed by atoms with E-state index in [-0.39, 0.29) is 28.7 Å². The predicted octanol–water partition coefficient (Wildman–Crippen LogP) is 3.63. The van der Waals surface area contributed by atoms with E-state index in [2.05, 4.69) is 21.0 Å². The topological polar surface area (TPSA) is 149 Å². The van der Waals surface area contributed by atoms with Crippen molar-refractivity contribution >= 4 is 40.7 Å². The van der Waals surface area contributed by atoms with E-state index in [4.69, 9.17) is 32.9 Å². The number of pyridine rings is 1. The third kappa shape index (κ3) is 5.79. The van der Waals surface area contributed by atoms with Gasteiger partial charge >= 0.3 is 5.69 Å². The minimum atomic E-state index is -0.828. The van der Waals surface area contributed by atoms with E-state index in [0.717, 1.165) is 39.6 Å². The smallest absolute Gasteiger partial charge is 0.346 e. The van der Waals surface area contributed by atoms with E-state index in [1.807, 2.05) is 24.3 Å². The van der Waals surface area contributed by atoms with Gasteiger partial charge in [-0.2, -0.15) is 5.10 Å². The maximum Gasteiger partial charge on any atom is 0.346 e. The molecule has 4 aromatic rings. The number of carbonyl (C=O) groups excluding carboxylic acids is 2. The Morgan fingerprint density at radius 3 is 2.46 bits per heavy atom. The molecule has 12 nitrogen and oxygen atoms in total. The monoisotopic (exact) mass is 663 g/mol.